The van der Waals surface area contributed by atoms with Gasteiger partial charge in [0.05, 0.1) is 0 Å². The number of hydrogen-bond donors (Lipinski definition) is 1. The third kappa shape index (κ3) is 1.15. The van der Waals surface area contributed by atoms with Gasteiger partial charge in [0.25, 0.3) is 0 Å². The first-order valence-corrected chi connectivity index (χ1v) is 4.60. The first-order valence-electron chi connectivity index (χ1n) is 4.22. The van der Waals surface area contributed by atoms with E-state index in [1.165, 1.54) is 5.56 Å². The first-order chi connectivity index (χ1) is 5.68. The molecule has 2 N–H and O–H groups in total. The van der Waals surface area contributed by atoms with Gasteiger partial charge in [0.1, 0.15) is 5.76 Å². The lowest BCUT2D eigenvalue weighted by Crippen LogP contribution is -2.22. The van der Waals surface area contributed by atoms with Crippen molar-refractivity contribution in [3.63, 3.8) is 0 Å². The third-order valence-electron chi connectivity index (χ3n) is 2.51. The summed E-state index contributed by atoms with van der Waals surface area (Å²) in [6.07, 6.45) is 2.15. The Labute approximate surface area is 76.7 Å². The van der Waals surface area contributed by atoms with Gasteiger partial charge in [-0.05, 0) is 43.0 Å². The van der Waals surface area contributed by atoms with Crippen LogP contribution in [-0.4, -0.2) is 6.04 Å². The predicted octanol–water partition coefficient (Wildman–Crippen LogP) is 2.31. The van der Waals surface area contributed by atoms with Gasteiger partial charge in [-0.15, -0.1) is 0 Å². The van der Waals surface area contributed by atoms with Crippen molar-refractivity contribution >= 4 is 11.6 Å². The van der Waals surface area contributed by atoms with Crippen molar-refractivity contribution in [1.29, 1.82) is 0 Å². The van der Waals surface area contributed by atoms with Gasteiger partial charge in [0, 0.05) is 12.0 Å². The standard InChI is InChI=1S/C9H12ClNO/c1-5(11)7-3-2-6-4-8(10)12-9(6)7/h4-5,7H,2-3,11H2,1H3. The summed E-state index contributed by atoms with van der Waals surface area (Å²) in [6, 6.07) is 2.06. The van der Waals surface area contributed by atoms with Crippen LogP contribution < -0.4 is 5.73 Å². The second kappa shape index (κ2) is 2.79. The summed E-state index contributed by atoms with van der Waals surface area (Å²) >= 11 is 5.74. The topological polar surface area (TPSA) is 39.2 Å². The highest BCUT2D eigenvalue weighted by Crippen LogP contribution is 2.38. The molecule has 12 heavy (non-hydrogen) atoms. The quantitative estimate of drug-likeness (QED) is 0.730. The largest absolute Gasteiger partial charge is 0.449 e. The predicted molar refractivity (Wildman–Crippen MR) is 48.4 cm³/mol. The van der Waals surface area contributed by atoms with Gasteiger partial charge >= 0.3 is 0 Å². The maximum atomic E-state index is 5.82. The number of fused-ring (bicyclic) bond motifs is 1. The van der Waals surface area contributed by atoms with Gasteiger partial charge in [-0.3, -0.25) is 0 Å². The van der Waals surface area contributed by atoms with E-state index in [1.54, 1.807) is 0 Å². The summed E-state index contributed by atoms with van der Waals surface area (Å²) in [5, 5.41) is 0.491. The van der Waals surface area contributed by atoms with Crippen LogP contribution in [0.4, 0.5) is 0 Å². The maximum absolute atomic E-state index is 5.82. The second-order valence-electron chi connectivity index (χ2n) is 3.44. The lowest BCUT2D eigenvalue weighted by atomic mass is 10.0. The molecule has 0 saturated carbocycles. The molecule has 0 bridgehead atoms. The summed E-state index contributed by atoms with van der Waals surface area (Å²) in [6.45, 7) is 2.01. The summed E-state index contributed by atoms with van der Waals surface area (Å²) < 4.78 is 5.39. The first kappa shape index (κ1) is 8.14. The molecule has 2 atom stereocenters. The van der Waals surface area contributed by atoms with Crippen molar-refractivity contribution < 1.29 is 4.42 Å². The van der Waals surface area contributed by atoms with E-state index < -0.39 is 0 Å². The highest BCUT2D eigenvalue weighted by atomic mass is 35.5. The Morgan fingerprint density at radius 1 is 1.75 bits per heavy atom. The molecule has 1 heterocycles. The Morgan fingerprint density at radius 2 is 2.50 bits per heavy atom. The molecular formula is C9H12ClNO. The van der Waals surface area contributed by atoms with Gasteiger partial charge < -0.3 is 10.2 Å². The van der Waals surface area contributed by atoms with Crippen molar-refractivity contribution in [2.75, 3.05) is 0 Å². The minimum Gasteiger partial charge on any atom is -0.449 e. The minimum absolute atomic E-state index is 0.161. The smallest absolute Gasteiger partial charge is 0.193 e. The van der Waals surface area contributed by atoms with Crippen LogP contribution in [0.2, 0.25) is 5.22 Å². The van der Waals surface area contributed by atoms with E-state index >= 15 is 0 Å². The highest BCUT2D eigenvalue weighted by molar-refractivity contribution is 6.28. The van der Waals surface area contributed by atoms with E-state index in [0.29, 0.717) is 11.1 Å². The molecule has 1 aromatic heterocycles. The number of rotatable bonds is 1. The average molecular weight is 186 g/mol. The van der Waals surface area contributed by atoms with E-state index in [-0.39, 0.29) is 6.04 Å². The Bertz CT molecular complexity index is 293. The van der Waals surface area contributed by atoms with Gasteiger partial charge in [-0.2, -0.15) is 0 Å². The van der Waals surface area contributed by atoms with Crippen molar-refractivity contribution in [3.05, 3.63) is 22.6 Å². The van der Waals surface area contributed by atoms with Crippen LogP contribution in [0.25, 0.3) is 0 Å². The Kier molecular flexibility index (Phi) is 1.89. The molecule has 0 amide bonds. The van der Waals surface area contributed by atoms with Crippen LogP contribution in [0, 0.1) is 0 Å². The molecule has 0 aliphatic heterocycles. The summed E-state index contributed by atoms with van der Waals surface area (Å²) in [5.41, 5.74) is 7.06. The molecule has 1 aliphatic rings. The molecule has 0 spiro atoms. The monoisotopic (exact) mass is 185 g/mol. The highest BCUT2D eigenvalue weighted by Gasteiger charge is 2.29. The minimum atomic E-state index is 0.161. The van der Waals surface area contributed by atoms with Gasteiger partial charge in [-0.1, -0.05) is 0 Å². The Hall–Kier alpha value is -0.470. The van der Waals surface area contributed by atoms with Crippen molar-refractivity contribution in [2.24, 2.45) is 5.73 Å². The molecule has 0 aromatic carbocycles. The Balaban J connectivity index is 2.34. The lowest BCUT2D eigenvalue weighted by molar-refractivity contribution is 0.435. The van der Waals surface area contributed by atoms with Gasteiger partial charge in [-0.25, -0.2) is 0 Å². The lowest BCUT2D eigenvalue weighted by Gasteiger charge is -2.12. The van der Waals surface area contributed by atoms with Crippen LogP contribution >= 0.6 is 11.6 Å². The molecule has 2 rings (SSSR count). The van der Waals surface area contributed by atoms with E-state index in [0.717, 1.165) is 18.6 Å². The summed E-state index contributed by atoms with van der Waals surface area (Å²) in [5.74, 6) is 1.38. The fourth-order valence-corrected chi connectivity index (χ4v) is 2.08. The molecule has 0 fully saturated rings. The number of aryl methyl sites for hydroxylation is 1. The third-order valence-corrected chi connectivity index (χ3v) is 2.69. The van der Waals surface area contributed by atoms with Crippen molar-refractivity contribution in [1.82, 2.24) is 0 Å². The number of nitrogens with two attached hydrogens (primary N) is 1. The Morgan fingerprint density at radius 3 is 3.17 bits per heavy atom. The molecule has 0 saturated heterocycles. The van der Waals surface area contributed by atoms with E-state index in [4.69, 9.17) is 21.8 Å². The fourth-order valence-electron chi connectivity index (χ4n) is 1.86. The van der Waals surface area contributed by atoms with Gasteiger partial charge in [0.2, 0.25) is 0 Å². The number of furan rings is 1. The van der Waals surface area contributed by atoms with Crippen LogP contribution in [0.5, 0.6) is 0 Å². The molecule has 0 radical (unpaired) electrons. The summed E-state index contributed by atoms with van der Waals surface area (Å²) in [7, 11) is 0. The zero-order valence-electron chi connectivity index (χ0n) is 7.01. The molecular weight excluding hydrogens is 174 g/mol. The van der Waals surface area contributed by atoms with Crippen molar-refractivity contribution in [2.45, 2.75) is 31.7 Å². The second-order valence-corrected chi connectivity index (χ2v) is 3.82. The molecule has 2 nitrogen and oxygen atoms in total. The van der Waals surface area contributed by atoms with Crippen molar-refractivity contribution in [3.8, 4) is 0 Å². The molecule has 1 aromatic rings. The average Bonchev–Trinajstić information content (AvgIpc) is 2.43. The van der Waals surface area contributed by atoms with E-state index in [2.05, 4.69) is 0 Å². The SMILES string of the molecule is CC(N)C1CCc2cc(Cl)oc21. The van der Waals surface area contributed by atoms with Crippen LogP contribution in [0.1, 0.15) is 30.6 Å². The van der Waals surface area contributed by atoms with Crippen LogP contribution in [0.3, 0.4) is 0 Å². The zero-order valence-corrected chi connectivity index (χ0v) is 7.77. The van der Waals surface area contributed by atoms with E-state index in [9.17, 15) is 0 Å². The maximum Gasteiger partial charge on any atom is 0.193 e. The normalized spacial score (nSPS) is 24.1. The molecule has 1 aliphatic carbocycles. The van der Waals surface area contributed by atoms with Crippen LogP contribution in [0.15, 0.2) is 10.5 Å². The number of hydrogen-bond acceptors (Lipinski definition) is 2. The zero-order chi connectivity index (χ0) is 8.72. The molecule has 3 heteroatoms. The fraction of sp³-hybridized carbons (Fsp3) is 0.556. The molecule has 66 valence electrons. The van der Waals surface area contributed by atoms with Crippen LogP contribution in [-0.2, 0) is 6.42 Å². The number of halogens is 1. The van der Waals surface area contributed by atoms with E-state index in [1.807, 2.05) is 13.0 Å². The summed E-state index contributed by atoms with van der Waals surface area (Å²) in [4.78, 5) is 0. The van der Waals surface area contributed by atoms with Gasteiger partial charge in [0.15, 0.2) is 5.22 Å². The molecule has 2 unspecified atom stereocenters.